The lowest BCUT2D eigenvalue weighted by molar-refractivity contribution is 0.0519. The van der Waals surface area contributed by atoms with Gasteiger partial charge in [0, 0.05) is 25.6 Å². The first kappa shape index (κ1) is 13.9. The molecule has 0 aliphatic carbocycles. The van der Waals surface area contributed by atoms with E-state index >= 15 is 0 Å². The number of alkyl carbamates (subject to hydrolysis) is 1. The van der Waals surface area contributed by atoms with Crippen LogP contribution in [0.1, 0.15) is 32.3 Å². The minimum absolute atomic E-state index is 0.356. The monoisotopic (exact) mass is 266 g/mol. The molecule has 2 heterocycles. The van der Waals surface area contributed by atoms with Crippen molar-refractivity contribution in [2.24, 2.45) is 5.92 Å². The van der Waals surface area contributed by atoms with Crippen LogP contribution in [0.15, 0.2) is 23.0 Å². The largest absolute Gasteiger partial charge is 0.472 e. The summed E-state index contributed by atoms with van der Waals surface area (Å²) in [6.45, 7) is 8.00. The SMILES string of the molecule is CC(C)(C)OC(=O)NCC1CNCC1c1ccoc1. The van der Waals surface area contributed by atoms with Crippen LogP contribution in [0.25, 0.3) is 0 Å². The second-order valence-electron chi connectivity index (χ2n) is 5.96. The minimum atomic E-state index is -0.456. The molecule has 0 spiro atoms. The first-order valence-electron chi connectivity index (χ1n) is 6.65. The molecular formula is C14H22N2O3. The van der Waals surface area contributed by atoms with Crippen molar-refractivity contribution in [1.82, 2.24) is 10.6 Å². The lowest BCUT2D eigenvalue weighted by atomic mass is 9.91. The Labute approximate surface area is 113 Å². The average molecular weight is 266 g/mol. The maximum absolute atomic E-state index is 11.6. The van der Waals surface area contributed by atoms with Crippen molar-refractivity contribution in [3.63, 3.8) is 0 Å². The first-order valence-corrected chi connectivity index (χ1v) is 6.65. The number of carbonyl (C=O) groups excluding carboxylic acids is 1. The number of hydrogen-bond donors (Lipinski definition) is 2. The van der Waals surface area contributed by atoms with E-state index in [4.69, 9.17) is 9.15 Å². The number of carbonyl (C=O) groups is 1. The van der Waals surface area contributed by atoms with Gasteiger partial charge in [-0.3, -0.25) is 0 Å². The predicted molar refractivity (Wildman–Crippen MR) is 72.0 cm³/mol. The van der Waals surface area contributed by atoms with Crippen LogP contribution in [0.4, 0.5) is 4.79 Å². The second-order valence-corrected chi connectivity index (χ2v) is 5.96. The van der Waals surface area contributed by atoms with Crippen molar-refractivity contribution in [1.29, 1.82) is 0 Å². The molecule has 5 heteroatoms. The summed E-state index contributed by atoms with van der Waals surface area (Å²) in [4.78, 5) is 11.6. The van der Waals surface area contributed by atoms with Gasteiger partial charge < -0.3 is 19.8 Å². The molecule has 1 aromatic rings. The maximum atomic E-state index is 11.6. The summed E-state index contributed by atoms with van der Waals surface area (Å²) in [5.74, 6) is 0.749. The highest BCUT2D eigenvalue weighted by atomic mass is 16.6. The lowest BCUT2D eigenvalue weighted by Gasteiger charge is -2.22. The summed E-state index contributed by atoms with van der Waals surface area (Å²) in [7, 11) is 0. The average Bonchev–Trinajstić information content (AvgIpc) is 2.94. The molecule has 1 aliphatic heterocycles. The van der Waals surface area contributed by atoms with Crippen LogP contribution in [-0.2, 0) is 4.74 Å². The molecule has 1 aromatic heterocycles. The molecular weight excluding hydrogens is 244 g/mol. The molecule has 0 saturated carbocycles. The van der Waals surface area contributed by atoms with Gasteiger partial charge in [0.05, 0.1) is 12.5 Å². The second kappa shape index (κ2) is 5.65. The molecule has 19 heavy (non-hydrogen) atoms. The molecule has 2 N–H and O–H groups in total. The van der Waals surface area contributed by atoms with Crippen LogP contribution in [0, 0.1) is 5.92 Å². The van der Waals surface area contributed by atoms with Crippen LogP contribution >= 0.6 is 0 Å². The van der Waals surface area contributed by atoms with Crippen LogP contribution in [0.2, 0.25) is 0 Å². The Morgan fingerprint density at radius 3 is 2.95 bits per heavy atom. The van der Waals surface area contributed by atoms with Gasteiger partial charge in [0.2, 0.25) is 0 Å². The summed E-state index contributed by atoms with van der Waals surface area (Å²) < 4.78 is 10.4. The highest BCUT2D eigenvalue weighted by Gasteiger charge is 2.29. The van der Waals surface area contributed by atoms with E-state index < -0.39 is 5.60 Å². The van der Waals surface area contributed by atoms with E-state index in [1.54, 1.807) is 12.5 Å². The molecule has 0 aromatic carbocycles. The zero-order chi connectivity index (χ0) is 13.9. The van der Waals surface area contributed by atoms with E-state index in [0.29, 0.717) is 18.4 Å². The fraction of sp³-hybridized carbons (Fsp3) is 0.643. The Hall–Kier alpha value is -1.49. The number of ether oxygens (including phenoxy) is 1. The van der Waals surface area contributed by atoms with Gasteiger partial charge in [-0.1, -0.05) is 0 Å². The van der Waals surface area contributed by atoms with Gasteiger partial charge in [0.15, 0.2) is 0 Å². The molecule has 0 bridgehead atoms. The van der Waals surface area contributed by atoms with Gasteiger partial charge >= 0.3 is 6.09 Å². The van der Waals surface area contributed by atoms with Gasteiger partial charge in [-0.05, 0) is 38.3 Å². The van der Waals surface area contributed by atoms with Crippen molar-refractivity contribution in [2.45, 2.75) is 32.3 Å². The van der Waals surface area contributed by atoms with E-state index in [0.717, 1.165) is 13.1 Å². The standard InChI is InChI=1S/C14H22N2O3/c1-14(2,3)19-13(17)16-7-11-6-15-8-12(11)10-4-5-18-9-10/h4-5,9,11-12,15H,6-8H2,1-3H3,(H,16,17). The number of furan rings is 1. The molecule has 5 nitrogen and oxygen atoms in total. The van der Waals surface area contributed by atoms with Gasteiger partial charge in [0.1, 0.15) is 5.60 Å². The van der Waals surface area contributed by atoms with Crippen LogP contribution in [-0.4, -0.2) is 31.3 Å². The molecule has 1 amide bonds. The Morgan fingerprint density at radius 2 is 2.32 bits per heavy atom. The van der Waals surface area contributed by atoms with Gasteiger partial charge in [-0.15, -0.1) is 0 Å². The lowest BCUT2D eigenvalue weighted by Crippen LogP contribution is -2.36. The normalized spacial score (nSPS) is 23.3. The third kappa shape index (κ3) is 3.99. The van der Waals surface area contributed by atoms with Crippen molar-refractivity contribution in [2.75, 3.05) is 19.6 Å². The Kier molecular flexibility index (Phi) is 4.14. The summed E-state index contributed by atoms with van der Waals surface area (Å²) in [5, 5.41) is 6.19. The van der Waals surface area contributed by atoms with E-state index in [9.17, 15) is 4.79 Å². The molecule has 2 unspecified atom stereocenters. The molecule has 1 saturated heterocycles. The predicted octanol–water partition coefficient (Wildman–Crippen LogP) is 2.11. The fourth-order valence-corrected chi connectivity index (χ4v) is 2.35. The quantitative estimate of drug-likeness (QED) is 0.879. The summed E-state index contributed by atoms with van der Waals surface area (Å²) in [6, 6.07) is 1.98. The fourth-order valence-electron chi connectivity index (χ4n) is 2.35. The molecule has 1 fully saturated rings. The van der Waals surface area contributed by atoms with Crippen LogP contribution in [0.5, 0.6) is 0 Å². The van der Waals surface area contributed by atoms with Gasteiger partial charge in [-0.25, -0.2) is 4.79 Å². The molecule has 2 rings (SSSR count). The molecule has 2 atom stereocenters. The first-order chi connectivity index (χ1) is 8.96. The number of nitrogens with one attached hydrogen (secondary N) is 2. The number of rotatable bonds is 3. The van der Waals surface area contributed by atoms with Crippen molar-refractivity contribution in [3.8, 4) is 0 Å². The summed E-state index contributed by atoms with van der Waals surface area (Å²) in [5.41, 5.74) is 0.725. The Balaban J connectivity index is 1.84. The van der Waals surface area contributed by atoms with E-state index in [2.05, 4.69) is 10.6 Å². The summed E-state index contributed by atoms with van der Waals surface area (Å²) in [6.07, 6.45) is 3.11. The smallest absolute Gasteiger partial charge is 0.407 e. The van der Waals surface area contributed by atoms with E-state index in [1.165, 1.54) is 5.56 Å². The summed E-state index contributed by atoms with van der Waals surface area (Å²) >= 11 is 0. The zero-order valence-electron chi connectivity index (χ0n) is 11.7. The third-order valence-electron chi connectivity index (χ3n) is 3.22. The minimum Gasteiger partial charge on any atom is -0.472 e. The maximum Gasteiger partial charge on any atom is 0.407 e. The van der Waals surface area contributed by atoms with Crippen LogP contribution < -0.4 is 10.6 Å². The topological polar surface area (TPSA) is 63.5 Å². The highest BCUT2D eigenvalue weighted by molar-refractivity contribution is 5.67. The third-order valence-corrected chi connectivity index (χ3v) is 3.22. The van der Waals surface area contributed by atoms with Crippen molar-refractivity contribution in [3.05, 3.63) is 24.2 Å². The van der Waals surface area contributed by atoms with Crippen molar-refractivity contribution >= 4 is 6.09 Å². The van der Waals surface area contributed by atoms with Gasteiger partial charge in [0.25, 0.3) is 0 Å². The zero-order valence-corrected chi connectivity index (χ0v) is 11.7. The Bertz CT molecular complexity index is 409. The molecule has 0 radical (unpaired) electrons. The van der Waals surface area contributed by atoms with E-state index in [-0.39, 0.29) is 6.09 Å². The number of amides is 1. The van der Waals surface area contributed by atoms with Crippen molar-refractivity contribution < 1.29 is 13.9 Å². The molecule has 1 aliphatic rings. The van der Waals surface area contributed by atoms with Gasteiger partial charge in [-0.2, -0.15) is 0 Å². The highest BCUT2D eigenvalue weighted by Crippen LogP contribution is 2.27. The molecule has 106 valence electrons. The van der Waals surface area contributed by atoms with Crippen LogP contribution in [0.3, 0.4) is 0 Å². The number of hydrogen-bond acceptors (Lipinski definition) is 4. The Morgan fingerprint density at radius 1 is 1.53 bits per heavy atom. The van der Waals surface area contributed by atoms with E-state index in [1.807, 2.05) is 26.8 Å².